The first-order chi connectivity index (χ1) is 40.7. The molecule has 11 heteroatoms. The van der Waals surface area contributed by atoms with Crippen molar-refractivity contribution in [2.45, 2.75) is 403 Å². The third-order valence-corrected chi connectivity index (χ3v) is 17.4. The second kappa shape index (κ2) is 60.6. The number of hydrogen-bond acceptors (Lipinski definition) is 10. The van der Waals surface area contributed by atoms with Crippen LogP contribution in [0.3, 0.4) is 0 Å². The highest BCUT2D eigenvalue weighted by Gasteiger charge is 2.44. The maximum atomic E-state index is 13.2. The number of nitrogens with one attached hydrogen (secondary N) is 1. The van der Waals surface area contributed by atoms with Crippen molar-refractivity contribution in [2.24, 2.45) is 0 Å². The maximum absolute atomic E-state index is 13.2. The predicted octanol–water partition coefficient (Wildman–Crippen LogP) is 17.4. The first-order valence-corrected chi connectivity index (χ1v) is 35.9. The summed E-state index contributed by atoms with van der Waals surface area (Å²) in [5.74, 6) is -0.706. The van der Waals surface area contributed by atoms with Gasteiger partial charge in [-0.15, -0.1) is 0 Å². The van der Waals surface area contributed by atoms with Gasteiger partial charge in [-0.2, -0.15) is 0 Å². The Balaban J connectivity index is 2.15. The number of rotatable bonds is 63. The molecule has 11 nitrogen and oxygen atoms in total. The number of hydrogen-bond donors (Lipinski definition) is 8. The number of unbranched alkanes of at least 4 members (excludes halogenated alkanes) is 45. The molecule has 1 rings (SSSR count). The van der Waals surface area contributed by atoms with E-state index in [0.29, 0.717) is 19.3 Å². The van der Waals surface area contributed by atoms with Crippen molar-refractivity contribution >= 4 is 5.91 Å². The summed E-state index contributed by atoms with van der Waals surface area (Å²) in [7, 11) is 0. The molecule has 1 aliphatic rings. The van der Waals surface area contributed by atoms with E-state index in [0.717, 1.165) is 44.9 Å². The zero-order valence-electron chi connectivity index (χ0n) is 54.2. The van der Waals surface area contributed by atoms with Crippen molar-refractivity contribution in [3.05, 3.63) is 36.5 Å². The topological polar surface area (TPSA) is 189 Å². The van der Waals surface area contributed by atoms with Gasteiger partial charge in [0.1, 0.15) is 36.6 Å². The van der Waals surface area contributed by atoms with E-state index in [9.17, 15) is 40.5 Å². The lowest BCUT2D eigenvalue weighted by Gasteiger charge is -2.40. The van der Waals surface area contributed by atoms with E-state index < -0.39 is 74.2 Å². The van der Waals surface area contributed by atoms with Gasteiger partial charge in [0.05, 0.1) is 25.4 Å². The Kier molecular flexibility index (Phi) is 57.9. The van der Waals surface area contributed by atoms with Crippen LogP contribution in [-0.2, 0) is 14.3 Å². The molecule has 9 atom stereocenters. The van der Waals surface area contributed by atoms with Crippen LogP contribution in [0.15, 0.2) is 36.5 Å². The second-order valence-electron chi connectivity index (χ2n) is 25.3. The van der Waals surface area contributed by atoms with Gasteiger partial charge in [0.25, 0.3) is 0 Å². The van der Waals surface area contributed by atoms with Crippen LogP contribution in [0.2, 0.25) is 0 Å². The van der Waals surface area contributed by atoms with E-state index in [1.54, 1.807) is 0 Å². The van der Waals surface area contributed by atoms with Gasteiger partial charge in [-0.3, -0.25) is 4.79 Å². The molecule has 490 valence electrons. The average Bonchev–Trinajstić information content (AvgIpc) is 3.68. The Hall–Kier alpha value is -1.67. The molecular formula is C72H137NO10. The highest BCUT2D eigenvalue weighted by Crippen LogP contribution is 2.24. The summed E-state index contributed by atoms with van der Waals surface area (Å²) < 4.78 is 11.2. The minimum atomic E-state index is -1.67. The number of aliphatic hydroxyl groups excluding tert-OH is 7. The fourth-order valence-electron chi connectivity index (χ4n) is 11.7. The molecule has 8 N–H and O–H groups in total. The zero-order chi connectivity index (χ0) is 60.3. The highest BCUT2D eigenvalue weighted by atomic mass is 16.7. The normalized spacial score (nSPS) is 19.2. The lowest BCUT2D eigenvalue weighted by molar-refractivity contribution is -0.303. The zero-order valence-corrected chi connectivity index (χ0v) is 54.2. The quantitative estimate of drug-likeness (QED) is 0.0215. The predicted molar refractivity (Wildman–Crippen MR) is 349 cm³/mol. The summed E-state index contributed by atoms with van der Waals surface area (Å²) in [6, 6.07) is -1.19. The minimum Gasteiger partial charge on any atom is -0.394 e. The molecule has 1 fully saturated rings. The van der Waals surface area contributed by atoms with E-state index >= 15 is 0 Å². The Morgan fingerprint density at radius 3 is 1.07 bits per heavy atom. The Morgan fingerprint density at radius 2 is 0.723 bits per heavy atom. The number of carbonyl (C=O) groups is 1. The van der Waals surface area contributed by atoms with Gasteiger partial charge < -0.3 is 50.5 Å². The molecule has 0 aromatic heterocycles. The molecule has 9 unspecified atom stereocenters. The van der Waals surface area contributed by atoms with Crippen LogP contribution in [-0.4, -0.2) is 110 Å². The number of carbonyl (C=O) groups excluding carboxylic acids is 1. The van der Waals surface area contributed by atoms with Gasteiger partial charge in [0.2, 0.25) is 5.91 Å². The van der Waals surface area contributed by atoms with Gasteiger partial charge in [0, 0.05) is 0 Å². The molecule has 0 saturated carbocycles. The summed E-state index contributed by atoms with van der Waals surface area (Å²) in [6.07, 6.45) is 66.8. The van der Waals surface area contributed by atoms with Crippen LogP contribution in [0, 0.1) is 0 Å². The summed E-state index contributed by atoms with van der Waals surface area (Å²) in [5.41, 5.74) is 0. The molecule has 1 amide bonds. The standard InChI is InChI=1S/C72H137NO10/c1-3-5-7-9-11-13-15-17-19-21-23-25-26-27-28-29-30-31-32-33-34-35-36-37-38-39-40-42-44-46-48-50-52-54-56-58-60-65(76)71(81)73-63(62-82-72-70(80)69(79)68(78)66(61-74)83-72)67(77)64(75)59-57-55-53-51-49-47-45-43-41-24-22-20-18-16-14-12-10-8-6-4-2/h20,22,43,45,51,53,63-70,72,74-80H,3-19,21,23-42,44,46-50,52,54-62H2,1-2H3,(H,73,81)/b22-20+,45-43+,53-51+. The molecule has 1 heterocycles. The number of amides is 1. The van der Waals surface area contributed by atoms with Crippen LogP contribution in [0.1, 0.15) is 348 Å². The van der Waals surface area contributed by atoms with Gasteiger partial charge in [-0.1, -0.05) is 320 Å². The van der Waals surface area contributed by atoms with Crippen molar-refractivity contribution in [1.82, 2.24) is 5.32 Å². The van der Waals surface area contributed by atoms with Crippen molar-refractivity contribution in [1.29, 1.82) is 0 Å². The Bertz CT molecular complexity index is 1440. The summed E-state index contributed by atoms with van der Waals surface area (Å²) in [4.78, 5) is 13.2. The third kappa shape index (κ3) is 48.0. The molecule has 0 aromatic carbocycles. The van der Waals surface area contributed by atoms with Gasteiger partial charge in [-0.05, 0) is 64.2 Å². The van der Waals surface area contributed by atoms with Crippen molar-refractivity contribution < 1.29 is 50.0 Å². The maximum Gasteiger partial charge on any atom is 0.249 e. The molecule has 0 spiro atoms. The number of ether oxygens (including phenoxy) is 2. The largest absolute Gasteiger partial charge is 0.394 e. The minimum absolute atomic E-state index is 0.243. The smallest absolute Gasteiger partial charge is 0.249 e. The monoisotopic (exact) mass is 1180 g/mol. The van der Waals surface area contributed by atoms with E-state index in [1.807, 2.05) is 0 Å². The molecule has 0 radical (unpaired) electrons. The molecule has 0 aromatic rings. The molecule has 1 aliphatic heterocycles. The second-order valence-corrected chi connectivity index (χ2v) is 25.3. The summed E-state index contributed by atoms with van der Waals surface area (Å²) in [5, 5.41) is 76.4. The SMILES string of the molecule is CCCCCCCCC/C=C/CC/C=C/CC/C=C/CCCC(O)C(O)C(COC1OC(CO)C(O)C(O)C1O)NC(=O)C(O)CCCCCCCCCCCCCCCCCCCCCCCCCCCCCCCCCCCCCC. The Labute approximate surface area is 511 Å². The van der Waals surface area contributed by atoms with Crippen LogP contribution >= 0.6 is 0 Å². The van der Waals surface area contributed by atoms with Gasteiger partial charge >= 0.3 is 0 Å². The summed E-state index contributed by atoms with van der Waals surface area (Å²) in [6.45, 7) is 3.47. The van der Waals surface area contributed by atoms with E-state index in [2.05, 4.69) is 55.6 Å². The molecule has 1 saturated heterocycles. The van der Waals surface area contributed by atoms with Crippen LogP contribution in [0.5, 0.6) is 0 Å². The van der Waals surface area contributed by atoms with Crippen molar-refractivity contribution in [3.8, 4) is 0 Å². The number of allylic oxidation sites excluding steroid dienone is 6. The van der Waals surface area contributed by atoms with Crippen LogP contribution in [0.25, 0.3) is 0 Å². The lowest BCUT2D eigenvalue weighted by atomic mass is 9.98. The highest BCUT2D eigenvalue weighted by molar-refractivity contribution is 5.80. The van der Waals surface area contributed by atoms with E-state index in [-0.39, 0.29) is 12.8 Å². The number of aliphatic hydroxyl groups is 7. The third-order valence-electron chi connectivity index (χ3n) is 17.4. The molecule has 0 aliphatic carbocycles. The molecule has 0 bridgehead atoms. The molecular weight excluding hydrogens is 1040 g/mol. The lowest BCUT2D eigenvalue weighted by Crippen LogP contribution is -2.60. The molecule has 83 heavy (non-hydrogen) atoms. The van der Waals surface area contributed by atoms with Crippen LogP contribution in [0.4, 0.5) is 0 Å². The van der Waals surface area contributed by atoms with Crippen molar-refractivity contribution in [3.63, 3.8) is 0 Å². The van der Waals surface area contributed by atoms with Gasteiger partial charge in [0.15, 0.2) is 6.29 Å². The fraction of sp³-hybridized carbons (Fsp3) is 0.903. The van der Waals surface area contributed by atoms with E-state index in [1.165, 1.54) is 257 Å². The first kappa shape index (κ1) is 79.3. The first-order valence-electron chi connectivity index (χ1n) is 35.9. The van der Waals surface area contributed by atoms with Crippen molar-refractivity contribution in [2.75, 3.05) is 13.2 Å². The average molecular weight is 1180 g/mol. The summed E-state index contributed by atoms with van der Waals surface area (Å²) >= 11 is 0. The van der Waals surface area contributed by atoms with E-state index in [4.69, 9.17) is 9.47 Å². The van der Waals surface area contributed by atoms with Crippen LogP contribution < -0.4 is 5.32 Å². The van der Waals surface area contributed by atoms with Gasteiger partial charge in [-0.25, -0.2) is 0 Å². The Morgan fingerprint density at radius 1 is 0.410 bits per heavy atom. The fourth-order valence-corrected chi connectivity index (χ4v) is 11.7.